The molecule has 2 unspecified atom stereocenters. The zero-order chi connectivity index (χ0) is 12.3. The number of piperidine rings is 1. The minimum Gasteiger partial charge on any atom is -0.480 e. The first kappa shape index (κ1) is 12.8. The average molecular weight is 240 g/mol. The van der Waals surface area contributed by atoms with Crippen LogP contribution >= 0.6 is 0 Å². The fraction of sp³-hybridized carbons (Fsp3) is 0.923. The third-order valence-corrected chi connectivity index (χ3v) is 4.16. The van der Waals surface area contributed by atoms with Crippen LogP contribution in [-0.4, -0.2) is 59.1 Å². The first-order valence-electron chi connectivity index (χ1n) is 6.93. The number of hydrogen-bond donors (Lipinski definition) is 1. The highest BCUT2D eigenvalue weighted by atomic mass is 16.4. The summed E-state index contributed by atoms with van der Waals surface area (Å²) in [6, 6.07) is 0.347. The van der Waals surface area contributed by atoms with Crippen LogP contribution in [0.25, 0.3) is 0 Å². The maximum Gasteiger partial charge on any atom is 0.320 e. The van der Waals surface area contributed by atoms with Crippen molar-refractivity contribution in [1.82, 2.24) is 9.80 Å². The Balaban J connectivity index is 1.95. The van der Waals surface area contributed by atoms with E-state index in [0.717, 1.165) is 32.5 Å². The van der Waals surface area contributed by atoms with Crippen molar-refractivity contribution in [3.05, 3.63) is 0 Å². The number of carboxylic acid groups (broad SMARTS) is 1. The Morgan fingerprint density at radius 2 is 2.18 bits per heavy atom. The van der Waals surface area contributed by atoms with Gasteiger partial charge in [0.2, 0.25) is 0 Å². The van der Waals surface area contributed by atoms with Crippen molar-refractivity contribution in [1.29, 1.82) is 0 Å². The van der Waals surface area contributed by atoms with E-state index in [1.807, 2.05) is 0 Å². The zero-order valence-corrected chi connectivity index (χ0v) is 10.8. The van der Waals surface area contributed by atoms with Gasteiger partial charge in [-0.2, -0.15) is 0 Å². The number of aliphatic carboxylic acids is 1. The van der Waals surface area contributed by atoms with Crippen molar-refractivity contribution in [3.8, 4) is 0 Å². The lowest BCUT2D eigenvalue weighted by Crippen LogP contribution is -2.58. The summed E-state index contributed by atoms with van der Waals surface area (Å²) >= 11 is 0. The molecule has 0 spiro atoms. The Morgan fingerprint density at radius 1 is 1.35 bits per heavy atom. The number of piperazine rings is 1. The van der Waals surface area contributed by atoms with E-state index in [-0.39, 0.29) is 6.04 Å². The first-order chi connectivity index (χ1) is 8.22. The number of carboxylic acids is 1. The molecule has 2 saturated heterocycles. The maximum atomic E-state index is 11.3. The molecule has 2 fully saturated rings. The van der Waals surface area contributed by atoms with Gasteiger partial charge in [0.1, 0.15) is 6.04 Å². The Morgan fingerprint density at radius 3 is 2.88 bits per heavy atom. The van der Waals surface area contributed by atoms with E-state index in [2.05, 4.69) is 16.7 Å². The van der Waals surface area contributed by atoms with Gasteiger partial charge < -0.3 is 5.11 Å². The van der Waals surface area contributed by atoms with Gasteiger partial charge in [0.25, 0.3) is 0 Å². The van der Waals surface area contributed by atoms with E-state index in [1.165, 1.54) is 25.8 Å². The SMILES string of the molecule is CCCC(C(=O)O)N1CCN2CCCCC2C1. The van der Waals surface area contributed by atoms with E-state index >= 15 is 0 Å². The molecular weight excluding hydrogens is 216 g/mol. The summed E-state index contributed by atoms with van der Waals surface area (Å²) in [6.07, 6.45) is 5.59. The summed E-state index contributed by atoms with van der Waals surface area (Å²) in [7, 11) is 0. The fourth-order valence-electron chi connectivity index (χ4n) is 3.20. The second kappa shape index (κ2) is 5.83. The molecule has 2 heterocycles. The van der Waals surface area contributed by atoms with Crippen molar-refractivity contribution in [3.63, 3.8) is 0 Å². The lowest BCUT2D eigenvalue weighted by atomic mass is 9.98. The second-order valence-corrected chi connectivity index (χ2v) is 5.32. The van der Waals surface area contributed by atoms with E-state index < -0.39 is 5.97 Å². The molecule has 98 valence electrons. The third kappa shape index (κ3) is 2.99. The van der Waals surface area contributed by atoms with Crippen LogP contribution in [0.1, 0.15) is 39.0 Å². The Labute approximate surface area is 104 Å². The van der Waals surface area contributed by atoms with Crippen LogP contribution in [0.5, 0.6) is 0 Å². The summed E-state index contributed by atoms with van der Waals surface area (Å²) in [4.78, 5) is 16.0. The molecule has 1 N–H and O–H groups in total. The van der Waals surface area contributed by atoms with Gasteiger partial charge in [-0.1, -0.05) is 19.8 Å². The first-order valence-corrected chi connectivity index (χ1v) is 6.93. The minimum absolute atomic E-state index is 0.260. The Hall–Kier alpha value is -0.610. The molecule has 2 aliphatic rings. The van der Waals surface area contributed by atoms with E-state index in [1.54, 1.807) is 0 Å². The summed E-state index contributed by atoms with van der Waals surface area (Å²) in [5.41, 5.74) is 0. The molecule has 2 atom stereocenters. The van der Waals surface area contributed by atoms with Crippen LogP contribution in [0, 0.1) is 0 Å². The lowest BCUT2D eigenvalue weighted by molar-refractivity contribution is -0.145. The maximum absolute atomic E-state index is 11.3. The molecule has 0 aromatic carbocycles. The summed E-state index contributed by atoms with van der Waals surface area (Å²) in [6.45, 7) is 6.21. The smallest absolute Gasteiger partial charge is 0.320 e. The second-order valence-electron chi connectivity index (χ2n) is 5.32. The molecule has 0 aromatic rings. The van der Waals surface area contributed by atoms with Gasteiger partial charge in [-0.25, -0.2) is 0 Å². The van der Waals surface area contributed by atoms with Crippen molar-refractivity contribution >= 4 is 5.97 Å². The van der Waals surface area contributed by atoms with Gasteiger partial charge in [0.15, 0.2) is 0 Å². The molecule has 2 rings (SSSR count). The quantitative estimate of drug-likeness (QED) is 0.807. The summed E-state index contributed by atoms with van der Waals surface area (Å²) in [5, 5.41) is 9.30. The molecule has 4 nitrogen and oxygen atoms in total. The highest BCUT2D eigenvalue weighted by molar-refractivity contribution is 5.73. The standard InChI is InChI=1S/C13H24N2O2/c1-2-5-12(13(16)17)15-9-8-14-7-4-3-6-11(14)10-15/h11-12H,2-10H2,1H3,(H,16,17). The van der Waals surface area contributed by atoms with Crippen LogP contribution < -0.4 is 0 Å². The predicted molar refractivity (Wildman–Crippen MR) is 67.1 cm³/mol. The van der Waals surface area contributed by atoms with Gasteiger partial charge in [-0.15, -0.1) is 0 Å². The van der Waals surface area contributed by atoms with Crippen molar-refractivity contribution in [2.24, 2.45) is 0 Å². The minimum atomic E-state index is -0.642. The molecule has 0 saturated carbocycles. The molecule has 2 aliphatic heterocycles. The number of carbonyl (C=O) groups is 1. The molecule has 17 heavy (non-hydrogen) atoms. The fourth-order valence-corrected chi connectivity index (χ4v) is 3.20. The topological polar surface area (TPSA) is 43.8 Å². The summed E-state index contributed by atoms with van der Waals surface area (Å²) < 4.78 is 0. The molecule has 0 aromatic heterocycles. The predicted octanol–water partition coefficient (Wildman–Crippen LogP) is 1.41. The van der Waals surface area contributed by atoms with Gasteiger partial charge in [0.05, 0.1) is 0 Å². The third-order valence-electron chi connectivity index (χ3n) is 4.16. The van der Waals surface area contributed by atoms with Crippen LogP contribution in [0.15, 0.2) is 0 Å². The Kier molecular flexibility index (Phi) is 4.40. The highest BCUT2D eigenvalue weighted by Gasteiger charge is 2.34. The lowest BCUT2D eigenvalue weighted by Gasteiger charge is -2.45. The normalized spacial score (nSPS) is 28.6. The highest BCUT2D eigenvalue weighted by Crippen LogP contribution is 2.23. The van der Waals surface area contributed by atoms with Crippen molar-refractivity contribution in [2.45, 2.75) is 51.1 Å². The molecule has 0 amide bonds. The summed E-state index contributed by atoms with van der Waals surface area (Å²) in [5.74, 6) is -0.642. The number of fused-ring (bicyclic) bond motifs is 1. The molecule has 0 bridgehead atoms. The molecule has 4 heteroatoms. The van der Waals surface area contributed by atoms with E-state index in [0.29, 0.717) is 6.04 Å². The van der Waals surface area contributed by atoms with Crippen LogP contribution in [0.4, 0.5) is 0 Å². The largest absolute Gasteiger partial charge is 0.480 e. The van der Waals surface area contributed by atoms with Crippen LogP contribution in [0.3, 0.4) is 0 Å². The Bertz CT molecular complexity index is 270. The average Bonchev–Trinajstić information content (AvgIpc) is 2.35. The van der Waals surface area contributed by atoms with Crippen LogP contribution in [-0.2, 0) is 4.79 Å². The molecule has 0 aliphatic carbocycles. The van der Waals surface area contributed by atoms with E-state index in [4.69, 9.17) is 0 Å². The van der Waals surface area contributed by atoms with Gasteiger partial charge in [-0.05, 0) is 25.8 Å². The monoisotopic (exact) mass is 240 g/mol. The van der Waals surface area contributed by atoms with E-state index in [9.17, 15) is 9.90 Å². The van der Waals surface area contributed by atoms with Crippen LogP contribution in [0.2, 0.25) is 0 Å². The molecular formula is C13H24N2O2. The van der Waals surface area contributed by atoms with Gasteiger partial charge >= 0.3 is 5.97 Å². The number of nitrogens with zero attached hydrogens (tertiary/aromatic N) is 2. The van der Waals surface area contributed by atoms with Crippen molar-refractivity contribution in [2.75, 3.05) is 26.2 Å². The number of rotatable bonds is 4. The van der Waals surface area contributed by atoms with Gasteiger partial charge in [0, 0.05) is 25.7 Å². The molecule has 0 radical (unpaired) electrons. The van der Waals surface area contributed by atoms with Crippen molar-refractivity contribution < 1.29 is 9.90 Å². The zero-order valence-electron chi connectivity index (χ0n) is 10.8. The van der Waals surface area contributed by atoms with Gasteiger partial charge in [-0.3, -0.25) is 14.6 Å². The number of hydrogen-bond acceptors (Lipinski definition) is 3.